The Hall–Kier alpha value is -0.897. The summed E-state index contributed by atoms with van der Waals surface area (Å²) in [5.74, 6) is -0.129. The van der Waals surface area contributed by atoms with Crippen LogP contribution >= 0.6 is 0 Å². The maximum Gasteiger partial charge on any atom is 0.311 e. The van der Waals surface area contributed by atoms with Gasteiger partial charge in [0.25, 0.3) is 5.88 Å². The second-order valence-electron chi connectivity index (χ2n) is 3.20. The number of allylic oxidation sites excluding steroid dienone is 3. The SMILES string of the molecule is CCN(CC)C([O])=C1C=C=C([N+](=O)[O-])C=C1.[Br-].[Zn]. The number of nitro groups is 1. The third-order valence-electron chi connectivity index (χ3n) is 2.29. The molecule has 18 heavy (non-hydrogen) atoms. The molecule has 1 radical (unpaired) electrons. The molecule has 1 aliphatic rings. The molecular weight excluding hydrogens is 353 g/mol. The van der Waals surface area contributed by atoms with E-state index in [0.717, 1.165) is 0 Å². The van der Waals surface area contributed by atoms with E-state index in [0.29, 0.717) is 18.7 Å². The van der Waals surface area contributed by atoms with Crippen LogP contribution < -0.4 is 17.0 Å². The van der Waals surface area contributed by atoms with E-state index >= 15 is 0 Å². The minimum atomic E-state index is -0.536. The number of rotatable bonds is 4. The van der Waals surface area contributed by atoms with Crippen LogP contribution in [0.3, 0.4) is 0 Å². The molecule has 0 aromatic rings. The van der Waals surface area contributed by atoms with Crippen molar-refractivity contribution in [3.05, 3.63) is 51.2 Å². The summed E-state index contributed by atoms with van der Waals surface area (Å²) in [7, 11) is 0. The predicted octanol–water partition coefficient (Wildman–Crippen LogP) is -1.14. The van der Waals surface area contributed by atoms with E-state index in [1.165, 1.54) is 18.2 Å². The fraction of sp³-hybridized carbons (Fsp3) is 0.364. The molecule has 0 fully saturated rings. The summed E-state index contributed by atoms with van der Waals surface area (Å²) in [5.41, 5.74) is 2.77. The number of hydrogen-bond acceptors (Lipinski definition) is 3. The number of halogens is 1. The fourth-order valence-corrected chi connectivity index (χ4v) is 1.36. The molecule has 7 heteroatoms. The van der Waals surface area contributed by atoms with Crippen molar-refractivity contribution in [1.29, 1.82) is 0 Å². The molecule has 1 aliphatic carbocycles. The molecule has 95 valence electrons. The van der Waals surface area contributed by atoms with Crippen LogP contribution in [0.1, 0.15) is 13.8 Å². The summed E-state index contributed by atoms with van der Waals surface area (Å²) in [6, 6.07) is 0. The zero-order valence-electron chi connectivity index (χ0n) is 10.4. The van der Waals surface area contributed by atoms with Gasteiger partial charge in [-0.1, -0.05) is 0 Å². The van der Waals surface area contributed by atoms with Crippen LogP contribution in [0.15, 0.2) is 41.1 Å². The first-order chi connectivity index (χ1) is 7.60. The zero-order valence-corrected chi connectivity index (χ0v) is 14.9. The standard InChI is InChI=1S/C11H13N2O3.BrH.Zn/c1-3-12(4-2)11(14)9-5-7-10(8-6-9)13(15)16;;/h5-7H,3-4H2,1-2H3;1H;/p-1. The van der Waals surface area contributed by atoms with E-state index in [1.54, 1.807) is 4.90 Å². The van der Waals surface area contributed by atoms with Crippen molar-refractivity contribution in [3.8, 4) is 0 Å². The van der Waals surface area contributed by atoms with Crippen LogP contribution in [0, 0.1) is 10.1 Å². The summed E-state index contributed by atoms with van der Waals surface area (Å²) < 4.78 is 0. The summed E-state index contributed by atoms with van der Waals surface area (Å²) in [6.07, 6.45) is 4.10. The topological polar surface area (TPSA) is 66.3 Å². The van der Waals surface area contributed by atoms with Gasteiger partial charge < -0.3 is 21.9 Å². The van der Waals surface area contributed by atoms with Gasteiger partial charge >= 0.3 is 5.70 Å². The van der Waals surface area contributed by atoms with Gasteiger partial charge in [0.2, 0.25) is 0 Å². The van der Waals surface area contributed by atoms with Gasteiger partial charge in [0.05, 0.1) is 4.92 Å². The van der Waals surface area contributed by atoms with Gasteiger partial charge in [0.1, 0.15) is 0 Å². The molecule has 0 aromatic heterocycles. The van der Waals surface area contributed by atoms with Crippen LogP contribution in [0.5, 0.6) is 0 Å². The third-order valence-corrected chi connectivity index (χ3v) is 2.29. The molecule has 0 saturated heterocycles. The molecule has 0 atom stereocenters. The van der Waals surface area contributed by atoms with Gasteiger partial charge in [-0.3, -0.25) is 15.2 Å². The van der Waals surface area contributed by atoms with Gasteiger partial charge in [-0.05, 0) is 31.7 Å². The van der Waals surface area contributed by atoms with Crippen LogP contribution in [0.4, 0.5) is 0 Å². The van der Waals surface area contributed by atoms with Gasteiger partial charge in [-0.15, -0.1) is 0 Å². The summed E-state index contributed by atoms with van der Waals surface area (Å²) in [5, 5.41) is 22.2. The summed E-state index contributed by atoms with van der Waals surface area (Å²) >= 11 is 0. The van der Waals surface area contributed by atoms with Gasteiger partial charge in [-0.2, -0.15) is 0 Å². The molecule has 0 amide bonds. The van der Waals surface area contributed by atoms with Crippen LogP contribution in [-0.4, -0.2) is 22.9 Å². The van der Waals surface area contributed by atoms with Crippen molar-refractivity contribution in [3.63, 3.8) is 0 Å². The Bertz CT molecular complexity index is 422. The van der Waals surface area contributed by atoms with E-state index in [1.807, 2.05) is 13.8 Å². The average Bonchev–Trinajstić information content (AvgIpc) is 2.30. The minimum Gasteiger partial charge on any atom is -1.00 e. The summed E-state index contributed by atoms with van der Waals surface area (Å²) in [4.78, 5) is 11.5. The predicted molar refractivity (Wildman–Crippen MR) is 58.4 cm³/mol. The van der Waals surface area contributed by atoms with Crippen LogP contribution in [-0.2, 0) is 24.6 Å². The summed E-state index contributed by atoms with van der Waals surface area (Å²) in [6.45, 7) is 5.01. The van der Waals surface area contributed by atoms with Crippen molar-refractivity contribution in [2.24, 2.45) is 0 Å². The number of nitrogens with zero attached hydrogens (tertiary/aromatic N) is 2. The Morgan fingerprint density at radius 1 is 1.39 bits per heavy atom. The Labute approximate surface area is 129 Å². The molecule has 5 nitrogen and oxygen atoms in total. The Morgan fingerprint density at radius 3 is 2.28 bits per heavy atom. The van der Waals surface area contributed by atoms with E-state index in [9.17, 15) is 15.2 Å². The first kappa shape index (κ1) is 19.4. The molecule has 1 rings (SSSR count). The third kappa shape index (κ3) is 4.77. The van der Waals surface area contributed by atoms with E-state index in [4.69, 9.17) is 0 Å². The molecule has 0 saturated carbocycles. The minimum absolute atomic E-state index is 0. The van der Waals surface area contributed by atoms with Crippen molar-refractivity contribution in [2.45, 2.75) is 13.8 Å². The zero-order chi connectivity index (χ0) is 12.1. The largest absolute Gasteiger partial charge is 1.00 e. The second-order valence-corrected chi connectivity index (χ2v) is 3.20. The van der Waals surface area contributed by atoms with Gasteiger partial charge in [-0.25, -0.2) is 0 Å². The van der Waals surface area contributed by atoms with Crippen molar-refractivity contribution in [1.82, 2.24) is 4.90 Å². The maximum atomic E-state index is 11.8. The molecule has 0 spiro atoms. The van der Waals surface area contributed by atoms with Crippen molar-refractivity contribution in [2.75, 3.05) is 13.1 Å². The first-order valence-electron chi connectivity index (χ1n) is 5.05. The Kier molecular flexibility index (Phi) is 9.82. The molecule has 0 bridgehead atoms. The van der Waals surface area contributed by atoms with Gasteiger partial charge in [0, 0.05) is 44.2 Å². The molecule has 0 unspecified atom stereocenters. The molecule has 0 N–H and O–H groups in total. The Balaban J connectivity index is 0. The molecule has 0 heterocycles. The monoisotopic (exact) mass is 364 g/mol. The van der Waals surface area contributed by atoms with Crippen molar-refractivity contribution < 1.29 is 46.5 Å². The second kappa shape index (κ2) is 9.09. The van der Waals surface area contributed by atoms with E-state index in [2.05, 4.69) is 5.73 Å². The maximum absolute atomic E-state index is 11.8. The Morgan fingerprint density at radius 2 is 1.94 bits per heavy atom. The van der Waals surface area contributed by atoms with Gasteiger partial charge in [0.15, 0.2) is 0 Å². The first-order valence-corrected chi connectivity index (χ1v) is 5.05. The molecule has 0 aromatic carbocycles. The normalized spacial score (nSPS) is 15.1. The van der Waals surface area contributed by atoms with Crippen LogP contribution in [0.2, 0.25) is 0 Å². The van der Waals surface area contributed by atoms with E-state index in [-0.39, 0.29) is 48.0 Å². The van der Waals surface area contributed by atoms with Crippen molar-refractivity contribution >= 4 is 0 Å². The average molecular weight is 367 g/mol. The quantitative estimate of drug-likeness (QED) is 0.208. The number of hydrogen-bond donors (Lipinski definition) is 0. The van der Waals surface area contributed by atoms with Crippen LogP contribution in [0.25, 0.3) is 0 Å². The fourth-order valence-electron chi connectivity index (χ4n) is 1.36. The molecule has 0 aliphatic heterocycles. The van der Waals surface area contributed by atoms with E-state index < -0.39 is 4.92 Å². The smallest absolute Gasteiger partial charge is 0.311 e. The molecular formula is C11H13BrN2O3Zn-.